The highest BCUT2D eigenvalue weighted by Crippen LogP contribution is 2.37. The van der Waals surface area contributed by atoms with Crippen LogP contribution in [0.4, 0.5) is 23.2 Å². The molecule has 0 saturated carbocycles. The predicted molar refractivity (Wildman–Crippen MR) is 178 cm³/mol. The van der Waals surface area contributed by atoms with Crippen molar-refractivity contribution in [1.29, 1.82) is 0 Å². The lowest BCUT2D eigenvalue weighted by atomic mass is 9.88. The molecule has 1 aliphatic rings. The van der Waals surface area contributed by atoms with Crippen LogP contribution in [0.5, 0.6) is 0 Å². The third-order valence-electron chi connectivity index (χ3n) is 8.77. The van der Waals surface area contributed by atoms with Crippen LogP contribution in [0.2, 0.25) is 5.02 Å². The third kappa shape index (κ3) is 7.31. The lowest BCUT2D eigenvalue weighted by Crippen LogP contribution is -2.32. The summed E-state index contributed by atoms with van der Waals surface area (Å²) in [5, 5.41) is 3.16. The molecule has 1 saturated heterocycles. The number of alkyl halides is 3. The number of piperidine rings is 1. The minimum absolute atomic E-state index is 0.0318. The van der Waals surface area contributed by atoms with E-state index in [4.69, 9.17) is 21.8 Å². The first kappa shape index (κ1) is 33.4. The van der Waals surface area contributed by atoms with Crippen LogP contribution >= 0.6 is 11.6 Å². The molecule has 0 aliphatic carbocycles. The summed E-state index contributed by atoms with van der Waals surface area (Å²) in [7, 11) is 0. The minimum Gasteiger partial charge on any atom is -0.422 e. The van der Waals surface area contributed by atoms with Gasteiger partial charge >= 0.3 is 11.8 Å². The van der Waals surface area contributed by atoms with Crippen LogP contribution in [0.15, 0.2) is 94.1 Å². The molecule has 0 spiro atoms. The molecular weight excluding hydrogens is 646 g/mol. The van der Waals surface area contributed by atoms with Gasteiger partial charge in [0, 0.05) is 35.1 Å². The van der Waals surface area contributed by atoms with Gasteiger partial charge in [-0.25, -0.2) is 9.18 Å². The average Bonchev–Trinajstić information content (AvgIpc) is 3.07. The van der Waals surface area contributed by atoms with Crippen molar-refractivity contribution in [3.05, 3.63) is 134 Å². The molecule has 1 amide bonds. The molecule has 48 heavy (non-hydrogen) atoms. The molecule has 4 aromatic carbocycles. The Morgan fingerprint density at radius 2 is 1.73 bits per heavy atom. The summed E-state index contributed by atoms with van der Waals surface area (Å²) in [4.78, 5) is 28.8. The molecule has 0 unspecified atom stereocenters. The number of likely N-dealkylation sites (tertiary alicyclic amines) is 1. The smallest absolute Gasteiger partial charge is 0.418 e. The van der Waals surface area contributed by atoms with Gasteiger partial charge in [0.05, 0.1) is 23.2 Å². The number of hydrogen-bond donors (Lipinski definition) is 2. The van der Waals surface area contributed by atoms with Gasteiger partial charge in [0.15, 0.2) is 0 Å². The van der Waals surface area contributed by atoms with Crippen molar-refractivity contribution in [3.8, 4) is 11.1 Å². The zero-order valence-electron chi connectivity index (χ0n) is 25.7. The van der Waals surface area contributed by atoms with Gasteiger partial charge in [0.2, 0.25) is 5.91 Å². The van der Waals surface area contributed by atoms with Gasteiger partial charge in [-0.3, -0.25) is 9.69 Å². The van der Waals surface area contributed by atoms with Crippen LogP contribution in [0.25, 0.3) is 22.1 Å². The largest absolute Gasteiger partial charge is 0.422 e. The second-order valence-electron chi connectivity index (χ2n) is 12.0. The third-order valence-corrected chi connectivity index (χ3v) is 9.12. The molecule has 1 aliphatic heterocycles. The zero-order chi connectivity index (χ0) is 34.0. The number of nitrogens with zero attached hydrogens (tertiary/aromatic N) is 1. The highest BCUT2D eigenvalue weighted by molar-refractivity contribution is 6.32. The molecule has 248 valence electrons. The Morgan fingerprint density at radius 1 is 0.979 bits per heavy atom. The fraction of sp³-hybridized carbons (Fsp3) is 0.243. The first-order valence-electron chi connectivity index (χ1n) is 15.5. The van der Waals surface area contributed by atoms with Crippen molar-refractivity contribution in [2.45, 2.75) is 44.4 Å². The van der Waals surface area contributed by atoms with Crippen molar-refractivity contribution < 1.29 is 26.8 Å². The van der Waals surface area contributed by atoms with E-state index in [1.54, 1.807) is 36.4 Å². The Balaban J connectivity index is 1.31. The summed E-state index contributed by atoms with van der Waals surface area (Å²) in [6.07, 6.45) is -3.57. The normalized spacial score (nSPS) is 14.4. The van der Waals surface area contributed by atoms with E-state index in [-0.39, 0.29) is 11.1 Å². The fourth-order valence-corrected chi connectivity index (χ4v) is 6.59. The maximum atomic E-state index is 13.6. The number of hydrogen-bond acceptors (Lipinski definition) is 5. The highest BCUT2D eigenvalue weighted by Gasteiger charge is 2.34. The van der Waals surface area contributed by atoms with Crippen LogP contribution in [0.3, 0.4) is 0 Å². The minimum atomic E-state index is -4.91. The number of carbonyl (C=O) groups excluding carboxylic acids is 1. The summed E-state index contributed by atoms with van der Waals surface area (Å²) in [6, 6.07) is 22.7. The van der Waals surface area contributed by atoms with E-state index in [2.05, 4.69) is 22.3 Å². The zero-order valence-corrected chi connectivity index (χ0v) is 26.5. The summed E-state index contributed by atoms with van der Waals surface area (Å²) >= 11 is 6.72. The number of rotatable bonds is 8. The molecule has 2 heterocycles. The van der Waals surface area contributed by atoms with Gasteiger partial charge in [-0.2, -0.15) is 13.2 Å². The van der Waals surface area contributed by atoms with Crippen LogP contribution in [0.1, 0.15) is 46.6 Å². The molecule has 3 N–H and O–H groups in total. The lowest BCUT2D eigenvalue weighted by Gasteiger charge is -2.32. The van der Waals surface area contributed by atoms with Crippen molar-refractivity contribution in [3.63, 3.8) is 0 Å². The molecule has 0 radical (unpaired) electrons. The summed E-state index contributed by atoms with van der Waals surface area (Å²) in [5.74, 6) is -1.57. The predicted octanol–water partition coefficient (Wildman–Crippen LogP) is 8.29. The Morgan fingerprint density at radius 3 is 2.44 bits per heavy atom. The van der Waals surface area contributed by atoms with Crippen molar-refractivity contribution in [1.82, 2.24) is 4.90 Å². The van der Waals surface area contributed by atoms with E-state index >= 15 is 0 Å². The van der Waals surface area contributed by atoms with Gasteiger partial charge in [-0.1, -0.05) is 66.2 Å². The summed E-state index contributed by atoms with van der Waals surface area (Å²) in [6.45, 7) is 2.72. The average molecular weight is 678 g/mol. The Bertz CT molecular complexity index is 2020. The quantitative estimate of drug-likeness (QED) is 0.127. The first-order valence-corrected chi connectivity index (χ1v) is 15.9. The van der Waals surface area contributed by atoms with Gasteiger partial charge < -0.3 is 15.5 Å². The Labute approximate surface area is 279 Å². The molecule has 0 atom stereocenters. The summed E-state index contributed by atoms with van der Waals surface area (Å²) < 4.78 is 60.1. The van der Waals surface area contributed by atoms with Crippen molar-refractivity contribution in [2.75, 3.05) is 18.4 Å². The van der Waals surface area contributed by atoms with Crippen LogP contribution in [0, 0.1) is 5.82 Å². The van der Waals surface area contributed by atoms with E-state index in [1.807, 2.05) is 18.2 Å². The van der Waals surface area contributed by atoms with Crippen molar-refractivity contribution in [2.24, 2.45) is 5.73 Å². The monoisotopic (exact) mass is 677 g/mol. The SMILES string of the molecule is NCc1cccc(C2CCN(Cc3cc4c(-c5ccccc5)c(CC(=O)Nc5ccc(F)cc5C(F)(F)F)c(=O)oc4cc3Cl)CC2)c1. The van der Waals surface area contributed by atoms with Gasteiger partial charge in [0.25, 0.3) is 0 Å². The van der Waals surface area contributed by atoms with Crippen LogP contribution in [-0.4, -0.2) is 23.9 Å². The Hall–Kier alpha value is -4.51. The lowest BCUT2D eigenvalue weighted by molar-refractivity contribution is -0.137. The molecule has 0 bridgehead atoms. The van der Waals surface area contributed by atoms with E-state index in [1.165, 1.54) is 5.56 Å². The fourth-order valence-electron chi connectivity index (χ4n) is 6.38. The van der Waals surface area contributed by atoms with E-state index in [0.717, 1.165) is 49.2 Å². The molecule has 1 aromatic heterocycles. The molecule has 5 aromatic rings. The molecule has 6 rings (SSSR count). The van der Waals surface area contributed by atoms with Crippen LogP contribution in [-0.2, 0) is 30.5 Å². The Kier molecular flexibility index (Phi) is 9.68. The second-order valence-corrected chi connectivity index (χ2v) is 12.4. The number of amides is 1. The molecular formula is C37H32ClF4N3O3. The molecule has 6 nitrogen and oxygen atoms in total. The number of fused-ring (bicyclic) bond motifs is 1. The first-order chi connectivity index (χ1) is 23.0. The number of halogens is 5. The van der Waals surface area contributed by atoms with Crippen LogP contribution < -0.4 is 16.7 Å². The highest BCUT2D eigenvalue weighted by atomic mass is 35.5. The number of nitrogens with two attached hydrogens (primary N) is 1. The maximum absolute atomic E-state index is 13.6. The van der Waals surface area contributed by atoms with E-state index < -0.39 is 41.2 Å². The van der Waals surface area contributed by atoms with E-state index in [9.17, 15) is 27.2 Å². The molecule has 11 heteroatoms. The number of anilines is 1. The van der Waals surface area contributed by atoms with Crippen molar-refractivity contribution >= 4 is 34.2 Å². The maximum Gasteiger partial charge on any atom is 0.418 e. The standard InChI is InChI=1S/C37H32ClF4N3O3/c38-31-19-33-28(16-26(31)21-45-13-11-23(12-14-45)25-8-4-5-22(15-25)20-43)35(24-6-2-1-3-7-24)29(36(47)48-33)18-34(46)44-32-10-9-27(39)17-30(32)37(40,41)42/h1-10,15-17,19,23H,11-14,18,20-21,43H2,(H,44,46). The molecule has 1 fully saturated rings. The van der Waals surface area contributed by atoms with Gasteiger partial charge in [-0.05, 0) is 78.4 Å². The summed E-state index contributed by atoms with van der Waals surface area (Å²) in [5.41, 5.74) is 7.48. The number of benzene rings is 4. The topological polar surface area (TPSA) is 88.6 Å². The van der Waals surface area contributed by atoms with E-state index in [0.29, 0.717) is 46.6 Å². The van der Waals surface area contributed by atoms with Gasteiger partial charge in [0.1, 0.15) is 11.4 Å². The van der Waals surface area contributed by atoms with Gasteiger partial charge in [-0.15, -0.1) is 0 Å². The second kappa shape index (κ2) is 13.9. The number of nitrogens with one attached hydrogen (secondary N) is 1. The number of carbonyl (C=O) groups is 1.